The van der Waals surface area contributed by atoms with E-state index in [0.29, 0.717) is 11.0 Å². The molecule has 7 heteroatoms. The third kappa shape index (κ3) is 3.53. The lowest BCUT2D eigenvalue weighted by atomic mass is 9.77. The molecule has 0 atom stereocenters. The zero-order valence-electron chi connectivity index (χ0n) is 14.6. The lowest BCUT2D eigenvalue weighted by Crippen LogP contribution is -2.41. The maximum absolute atomic E-state index is 14.0. The minimum absolute atomic E-state index is 0.143. The van der Waals surface area contributed by atoms with Gasteiger partial charge in [0.05, 0.1) is 30.5 Å². The average Bonchev–Trinajstić information content (AvgIpc) is 2.72. The Balaban J connectivity index is 2.29. The SMILES string of the molecule is COC(=O)c1ccc(C=C(CO)B2OC(C)(C)C(C)(C)O2)cc1F. The maximum atomic E-state index is 14.0. The summed E-state index contributed by atoms with van der Waals surface area (Å²) in [5.74, 6) is -1.43. The summed E-state index contributed by atoms with van der Waals surface area (Å²) >= 11 is 0. The van der Waals surface area contributed by atoms with Crippen LogP contribution in [-0.4, -0.2) is 43.1 Å². The number of benzene rings is 1. The summed E-state index contributed by atoms with van der Waals surface area (Å²) in [4.78, 5) is 11.4. The van der Waals surface area contributed by atoms with E-state index in [4.69, 9.17) is 9.31 Å². The van der Waals surface area contributed by atoms with Crippen LogP contribution in [0.4, 0.5) is 4.39 Å². The van der Waals surface area contributed by atoms with Crippen LogP contribution in [0.25, 0.3) is 6.08 Å². The highest BCUT2D eigenvalue weighted by atomic mass is 19.1. The fourth-order valence-electron chi connectivity index (χ4n) is 2.29. The van der Waals surface area contributed by atoms with Gasteiger partial charge in [-0.2, -0.15) is 0 Å². The van der Waals surface area contributed by atoms with Gasteiger partial charge >= 0.3 is 13.1 Å². The predicted molar refractivity (Wildman–Crippen MR) is 88.9 cm³/mol. The fourth-order valence-corrected chi connectivity index (χ4v) is 2.29. The largest absolute Gasteiger partial charge is 0.492 e. The molecule has 1 aromatic rings. The number of aliphatic hydroxyl groups excluding tert-OH is 1. The highest BCUT2D eigenvalue weighted by molar-refractivity contribution is 6.55. The van der Waals surface area contributed by atoms with Crippen LogP contribution in [0, 0.1) is 5.82 Å². The first-order chi connectivity index (χ1) is 11.1. The number of carbonyl (C=O) groups excluding carboxylic acids is 1. The Morgan fingerprint density at radius 1 is 1.29 bits per heavy atom. The number of rotatable bonds is 4. The number of methoxy groups -OCH3 is 1. The van der Waals surface area contributed by atoms with Gasteiger partial charge in [0.15, 0.2) is 0 Å². The fraction of sp³-hybridized carbons (Fsp3) is 0.471. The van der Waals surface area contributed by atoms with E-state index in [1.54, 1.807) is 12.1 Å². The van der Waals surface area contributed by atoms with Crippen LogP contribution in [0.1, 0.15) is 43.6 Å². The Morgan fingerprint density at radius 2 is 1.88 bits per heavy atom. The third-order valence-electron chi connectivity index (χ3n) is 4.49. The van der Waals surface area contributed by atoms with Gasteiger partial charge in [-0.25, -0.2) is 9.18 Å². The van der Waals surface area contributed by atoms with Crippen molar-refractivity contribution in [3.8, 4) is 0 Å². The molecule has 0 amide bonds. The monoisotopic (exact) mass is 336 g/mol. The number of halogens is 1. The summed E-state index contributed by atoms with van der Waals surface area (Å²) < 4.78 is 30.3. The van der Waals surface area contributed by atoms with Crippen LogP contribution in [0.3, 0.4) is 0 Å². The van der Waals surface area contributed by atoms with Crippen LogP contribution in [-0.2, 0) is 14.0 Å². The standard InChI is InChI=1S/C17H22BFO5/c1-16(2)17(3,4)24-18(23-16)12(10-20)8-11-6-7-13(14(19)9-11)15(21)22-5/h6-9,20H,10H2,1-5H3. The molecule has 2 rings (SSSR count). The summed E-state index contributed by atoms with van der Waals surface area (Å²) in [6.07, 6.45) is 1.59. The quantitative estimate of drug-likeness (QED) is 0.676. The summed E-state index contributed by atoms with van der Waals surface area (Å²) in [6.45, 7) is 7.34. The van der Waals surface area contributed by atoms with Crippen molar-refractivity contribution >= 4 is 19.2 Å². The zero-order chi connectivity index (χ0) is 18.1. The Labute approximate surface area is 141 Å². The lowest BCUT2D eigenvalue weighted by Gasteiger charge is -2.32. The lowest BCUT2D eigenvalue weighted by molar-refractivity contribution is 0.00578. The molecule has 0 aliphatic carbocycles. The van der Waals surface area contributed by atoms with Crippen LogP contribution in [0.15, 0.2) is 23.7 Å². The van der Waals surface area contributed by atoms with E-state index in [0.717, 1.165) is 0 Å². The summed E-state index contributed by atoms with van der Waals surface area (Å²) in [5.41, 5.74) is -0.258. The second-order valence-corrected chi connectivity index (χ2v) is 6.70. The second-order valence-electron chi connectivity index (χ2n) is 6.70. The number of carbonyl (C=O) groups is 1. The molecule has 0 saturated carbocycles. The molecule has 0 radical (unpaired) electrons. The molecular weight excluding hydrogens is 314 g/mol. The smallest absolute Gasteiger partial charge is 0.465 e. The normalized spacial score (nSPS) is 19.5. The maximum Gasteiger partial charge on any atom is 0.492 e. The molecule has 130 valence electrons. The van der Waals surface area contributed by atoms with Crippen LogP contribution in [0.5, 0.6) is 0 Å². The molecule has 0 spiro atoms. The molecule has 1 aromatic carbocycles. The second kappa shape index (κ2) is 6.66. The zero-order valence-corrected chi connectivity index (χ0v) is 14.6. The van der Waals surface area contributed by atoms with E-state index in [2.05, 4.69) is 4.74 Å². The molecule has 0 bridgehead atoms. The molecule has 24 heavy (non-hydrogen) atoms. The van der Waals surface area contributed by atoms with E-state index in [1.165, 1.54) is 19.2 Å². The highest BCUT2D eigenvalue weighted by Crippen LogP contribution is 2.38. The minimum atomic E-state index is -0.739. The van der Waals surface area contributed by atoms with Crippen molar-refractivity contribution in [2.45, 2.75) is 38.9 Å². The molecule has 1 N–H and O–H groups in total. The highest BCUT2D eigenvalue weighted by Gasteiger charge is 2.52. The van der Waals surface area contributed by atoms with Crippen molar-refractivity contribution in [3.63, 3.8) is 0 Å². The topological polar surface area (TPSA) is 65.0 Å². The molecule has 0 aromatic heterocycles. The minimum Gasteiger partial charge on any atom is -0.465 e. The van der Waals surface area contributed by atoms with Crippen LogP contribution >= 0.6 is 0 Å². The van der Waals surface area contributed by atoms with Gasteiger partial charge in [0.25, 0.3) is 0 Å². The first-order valence-corrected chi connectivity index (χ1v) is 7.66. The van der Waals surface area contributed by atoms with Crippen molar-refractivity contribution in [2.24, 2.45) is 0 Å². The molecule has 1 fully saturated rings. The van der Waals surface area contributed by atoms with Crippen molar-refractivity contribution in [1.82, 2.24) is 0 Å². The molecule has 1 aliphatic heterocycles. The number of ether oxygens (including phenoxy) is 1. The van der Waals surface area contributed by atoms with Crippen molar-refractivity contribution in [2.75, 3.05) is 13.7 Å². The van der Waals surface area contributed by atoms with Gasteiger partial charge in [-0.1, -0.05) is 12.1 Å². The van der Waals surface area contributed by atoms with Gasteiger partial charge in [-0.3, -0.25) is 0 Å². The van der Waals surface area contributed by atoms with Crippen molar-refractivity contribution < 1.29 is 28.3 Å². The third-order valence-corrected chi connectivity index (χ3v) is 4.49. The van der Waals surface area contributed by atoms with Gasteiger partial charge in [0, 0.05) is 0 Å². The molecule has 0 unspecified atom stereocenters. The molecule has 5 nitrogen and oxygen atoms in total. The Kier molecular flexibility index (Phi) is 5.18. The number of esters is 1. The van der Waals surface area contributed by atoms with Crippen LogP contribution < -0.4 is 0 Å². The Morgan fingerprint density at radius 3 is 2.33 bits per heavy atom. The van der Waals surface area contributed by atoms with Gasteiger partial charge in [-0.15, -0.1) is 0 Å². The number of aliphatic hydroxyl groups is 1. The first-order valence-electron chi connectivity index (χ1n) is 7.66. The Bertz CT molecular complexity index is 653. The van der Waals surface area contributed by atoms with E-state index in [-0.39, 0.29) is 12.2 Å². The summed E-state index contributed by atoms with van der Waals surface area (Å²) in [6, 6.07) is 4.11. The number of hydrogen-bond donors (Lipinski definition) is 1. The van der Waals surface area contributed by atoms with Gasteiger partial charge in [0.1, 0.15) is 5.82 Å². The van der Waals surface area contributed by atoms with Crippen molar-refractivity contribution in [3.05, 3.63) is 40.6 Å². The van der Waals surface area contributed by atoms with Crippen molar-refractivity contribution in [1.29, 1.82) is 0 Å². The molecule has 1 heterocycles. The van der Waals surface area contributed by atoms with Gasteiger partial charge in [0.2, 0.25) is 0 Å². The summed E-state index contributed by atoms with van der Waals surface area (Å²) in [7, 11) is 0.473. The van der Waals surface area contributed by atoms with Crippen LogP contribution in [0.2, 0.25) is 0 Å². The van der Waals surface area contributed by atoms with E-state index >= 15 is 0 Å². The number of hydrogen-bond acceptors (Lipinski definition) is 5. The predicted octanol–water partition coefficient (Wildman–Crippen LogP) is 2.62. The van der Waals surface area contributed by atoms with Gasteiger partial charge < -0.3 is 19.2 Å². The average molecular weight is 336 g/mol. The Hall–Kier alpha value is -1.70. The molecular formula is C17H22BFO5. The van der Waals surface area contributed by atoms with E-state index in [1.807, 2.05) is 27.7 Å². The molecule has 1 aliphatic rings. The van der Waals surface area contributed by atoms with E-state index in [9.17, 15) is 14.3 Å². The first kappa shape index (κ1) is 18.6. The van der Waals surface area contributed by atoms with Gasteiger partial charge in [-0.05, 0) is 50.9 Å². The van der Waals surface area contributed by atoms with E-state index < -0.39 is 30.1 Å². The molecule has 1 saturated heterocycles. The summed E-state index contributed by atoms with van der Waals surface area (Å²) in [5, 5.41) is 9.64.